The summed E-state index contributed by atoms with van der Waals surface area (Å²) in [5, 5.41) is 13.4. The maximum atomic E-state index is 12.0. The van der Waals surface area contributed by atoms with Crippen molar-refractivity contribution in [3.63, 3.8) is 0 Å². The molecule has 0 aliphatic rings. The van der Waals surface area contributed by atoms with Crippen LogP contribution in [0, 0.1) is 17.0 Å². The summed E-state index contributed by atoms with van der Waals surface area (Å²) in [6.07, 6.45) is 0. The molecular weight excluding hydrogens is 256 g/mol. The van der Waals surface area contributed by atoms with Gasteiger partial charge < -0.3 is 5.32 Å². The van der Waals surface area contributed by atoms with Crippen LogP contribution in [0.4, 0.5) is 5.69 Å². The Kier molecular flexibility index (Phi) is 4.29. The van der Waals surface area contributed by atoms with E-state index in [1.54, 1.807) is 26.8 Å². The van der Waals surface area contributed by atoms with Crippen LogP contribution in [-0.4, -0.2) is 22.2 Å². The third-order valence-electron chi connectivity index (χ3n) is 2.32. The topological polar surface area (TPSA) is 72.2 Å². The molecule has 1 aromatic rings. The second-order valence-electron chi connectivity index (χ2n) is 4.79. The number of non-ortho nitro benzene ring substituents is 1. The van der Waals surface area contributed by atoms with Crippen LogP contribution in [0.5, 0.6) is 0 Å². The van der Waals surface area contributed by atoms with E-state index in [4.69, 9.17) is 11.6 Å². The van der Waals surface area contributed by atoms with Gasteiger partial charge in [0.25, 0.3) is 11.6 Å². The van der Waals surface area contributed by atoms with Gasteiger partial charge in [-0.25, -0.2) is 0 Å². The van der Waals surface area contributed by atoms with Gasteiger partial charge in [0.05, 0.1) is 4.92 Å². The van der Waals surface area contributed by atoms with E-state index in [2.05, 4.69) is 5.32 Å². The molecule has 1 aromatic carbocycles. The molecule has 5 nitrogen and oxygen atoms in total. The van der Waals surface area contributed by atoms with Gasteiger partial charge in [-0.2, -0.15) is 0 Å². The van der Waals surface area contributed by atoms with Gasteiger partial charge in [0, 0.05) is 29.1 Å². The lowest BCUT2D eigenvalue weighted by Crippen LogP contribution is -2.44. The van der Waals surface area contributed by atoms with Crippen molar-refractivity contribution in [3.05, 3.63) is 39.4 Å². The fourth-order valence-electron chi connectivity index (χ4n) is 1.41. The molecule has 0 aromatic heterocycles. The maximum Gasteiger partial charge on any atom is 0.270 e. The molecule has 1 rings (SSSR count). The number of nitrogens with zero attached hydrogens (tertiary/aromatic N) is 1. The number of alkyl halides is 1. The van der Waals surface area contributed by atoms with E-state index < -0.39 is 10.5 Å². The largest absolute Gasteiger partial charge is 0.346 e. The molecule has 6 heteroatoms. The molecular formula is C12H15ClN2O3. The zero-order valence-electron chi connectivity index (χ0n) is 10.5. The van der Waals surface area contributed by atoms with Crippen molar-refractivity contribution in [1.82, 2.24) is 5.32 Å². The molecule has 0 saturated heterocycles. The summed E-state index contributed by atoms with van der Waals surface area (Å²) < 4.78 is 0. The molecule has 0 aliphatic heterocycles. The molecule has 1 amide bonds. The van der Waals surface area contributed by atoms with Crippen LogP contribution in [0.15, 0.2) is 18.2 Å². The minimum Gasteiger partial charge on any atom is -0.346 e. The highest BCUT2D eigenvalue weighted by atomic mass is 35.5. The predicted octanol–water partition coefficient (Wildman–Crippen LogP) is 2.65. The molecule has 0 aliphatic carbocycles. The van der Waals surface area contributed by atoms with E-state index in [0.29, 0.717) is 5.56 Å². The molecule has 0 saturated carbocycles. The normalized spacial score (nSPS) is 11.1. The van der Waals surface area contributed by atoms with E-state index in [1.807, 2.05) is 0 Å². The maximum absolute atomic E-state index is 12.0. The van der Waals surface area contributed by atoms with Crippen molar-refractivity contribution >= 4 is 23.2 Å². The summed E-state index contributed by atoms with van der Waals surface area (Å²) in [5.41, 5.74) is 0.277. The summed E-state index contributed by atoms with van der Waals surface area (Å²) in [7, 11) is 0. The molecule has 1 N–H and O–H groups in total. The number of carbonyl (C=O) groups is 1. The first-order valence-electron chi connectivity index (χ1n) is 5.40. The van der Waals surface area contributed by atoms with Crippen LogP contribution < -0.4 is 5.32 Å². The highest BCUT2D eigenvalue weighted by Gasteiger charge is 2.21. The summed E-state index contributed by atoms with van der Waals surface area (Å²) >= 11 is 5.71. The predicted molar refractivity (Wildman–Crippen MR) is 70.1 cm³/mol. The quantitative estimate of drug-likeness (QED) is 0.519. The minimum absolute atomic E-state index is 0.0937. The first kappa shape index (κ1) is 14.4. The van der Waals surface area contributed by atoms with Gasteiger partial charge in [0.1, 0.15) is 0 Å². The monoisotopic (exact) mass is 270 g/mol. The number of amides is 1. The van der Waals surface area contributed by atoms with Gasteiger partial charge in [-0.1, -0.05) is 0 Å². The van der Waals surface area contributed by atoms with Crippen molar-refractivity contribution in [1.29, 1.82) is 0 Å². The summed E-state index contributed by atoms with van der Waals surface area (Å²) in [5.74, 6) is -0.112. The molecule has 0 heterocycles. The van der Waals surface area contributed by atoms with Crippen molar-refractivity contribution in [3.8, 4) is 0 Å². The second kappa shape index (κ2) is 5.35. The van der Waals surface area contributed by atoms with Gasteiger partial charge in [-0.3, -0.25) is 14.9 Å². The molecule has 98 valence electrons. The fourth-order valence-corrected chi connectivity index (χ4v) is 1.48. The summed E-state index contributed by atoms with van der Waals surface area (Å²) in [6, 6.07) is 4.28. The minimum atomic E-state index is -0.558. The Bertz CT molecular complexity index is 486. The Balaban J connectivity index is 3.03. The average Bonchev–Trinajstić information content (AvgIpc) is 2.27. The number of benzene rings is 1. The highest BCUT2D eigenvalue weighted by molar-refractivity contribution is 6.18. The standard InChI is InChI=1S/C12H15ClN2O3/c1-8-4-9(6-10(5-8)15(17)18)11(16)14-12(2,3)7-13/h4-6H,7H2,1-3H3,(H,14,16). The van der Waals surface area contributed by atoms with Gasteiger partial charge >= 0.3 is 0 Å². The van der Waals surface area contributed by atoms with Crippen LogP contribution in [0.2, 0.25) is 0 Å². The molecule has 0 bridgehead atoms. The first-order valence-corrected chi connectivity index (χ1v) is 5.93. The van der Waals surface area contributed by atoms with Crippen LogP contribution >= 0.6 is 11.6 Å². The summed E-state index contributed by atoms with van der Waals surface area (Å²) in [4.78, 5) is 22.2. The zero-order chi connectivity index (χ0) is 13.9. The van der Waals surface area contributed by atoms with E-state index in [1.165, 1.54) is 12.1 Å². The molecule has 0 radical (unpaired) electrons. The third-order valence-corrected chi connectivity index (χ3v) is 2.99. The number of rotatable bonds is 4. The average molecular weight is 271 g/mol. The molecule has 0 fully saturated rings. The number of nitro benzene ring substituents is 1. The molecule has 18 heavy (non-hydrogen) atoms. The number of halogens is 1. The van der Waals surface area contributed by atoms with Crippen LogP contribution in [-0.2, 0) is 0 Å². The van der Waals surface area contributed by atoms with E-state index in [9.17, 15) is 14.9 Å². The number of hydrogen-bond acceptors (Lipinski definition) is 3. The molecule has 0 atom stereocenters. The van der Waals surface area contributed by atoms with Crippen molar-refractivity contribution in [2.75, 3.05) is 5.88 Å². The van der Waals surface area contributed by atoms with Gasteiger partial charge in [0.2, 0.25) is 0 Å². The van der Waals surface area contributed by atoms with E-state index in [-0.39, 0.29) is 23.0 Å². The van der Waals surface area contributed by atoms with Crippen LogP contribution in [0.3, 0.4) is 0 Å². The number of aryl methyl sites for hydroxylation is 1. The Morgan fingerprint density at radius 2 is 2.06 bits per heavy atom. The smallest absolute Gasteiger partial charge is 0.270 e. The highest BCUT2D eigenvalue weighted by Crippen LogP contribution is 2.17. The molecule has 0 spiro atoms. The Hall–Kier alpha value is -1.62. The Morgan fingerprint density at radius 1 is 1.44 bits per heavy atom. The lowest BCUT2D eigenvalue weighted by Gasteiger charge is -2.23. The lowest BCUT2D eigenvalue weighted by molar-refractivity contribution is -0.384. The number of nitro groups is 1. The Labute approximate surface area is 110 Å². The van der Waals surface area contributed by atoms with E-state index in [0.717, 1.165) is 0 Å². The fraction of sp³-hybridized carbons (Fsp3) is 0.417. The molecule has 0 unspecified atom stereocenters. The van der Waals surface area contributed by atoms with Crippen molar-refractivity contribution < 1.29 is 9.72 Å². The van der Waals surface area contributed by atoms with Gasteiger partial charge in [0.15, 0.2) is 0 Å². The SMILES string of the molecule is Cc1cc(C(=O)NC(C)(C)CCl)cc([N+](=O)[O-])c1. The first-order chi connectivity index (χ1) is 8.25. The van der Waals surface area contributed by atoms with Gasteiger partial charge in [-0.05, 0) is 32.4 Å². The van der Waals surface area contributed by atoms with Crippen LogP contribution in [0.1, 0.15) is 29.8 Å². The Morgan fingerprint density at radius 3 is 2.56 bits per heavy atom. The van der Waals surface area contributed by atoms with Crippen molar-refractivity contribution in [2.24, 2.45) is 0 Å². The number of nitrogens with one attached hydrogen (secondary N) is 1. The summed E-state index contributed by atoms with van der Waals surface area (Å²) in [6.45, 7) is 5.26. The lowest BCUT2D eigenvalue weighted by atomic mass is 10.1. The van der Waals surface area contributed by atoms with Crippen molar-refractivity contribution in [2.45, 2.75) is 26.3 Å². The zero-order valence-corrected chi connectivity index (χ0v) is 11.2. The number of hydrogen-bond donors (Lipinski definition) is 1. The number of carbonyl (C=O) groups excluding carboxylic acids is 1. The van der Waals surface area contributed by atoms with Crippen LogP contribution in [0.25, 0.3) is 0 Å². The van der Waals surface area contributed by atoms with Gasteiger partial charge in [-0.15, -0.1) is 11.6 Å². The second-order valence-corrected chi connectivity index (χ2v) is 5.05. The van der Waals surface area contributed by atoms with E-state index >= 15 is 0 Å². The third kappa shape index (κ3) is 3.70.